The zero-order valence-electron chi connectivity index (χ0n) is 20.2. The quantitative estimate of drug-likeness (QED) is 0.479. The van der Waals surface area contributed by atoms with Crippen LogP contribution < -0.4 is 20.1 Å². The Labute approximate surface area is 200 Å². The Morgan fingerprint density at radius 2 is 1.65 bits per heavy atom. The zero-order valence-corrected chi connectivity index (χ0v) is 20.2. The lowest BCUT2D eigenvalue weighted by atomic mass is 10.0. The lowest BCUT2D eigenvalue weighted by molar-refractivity contribution is -0.124. The van der Waals surface area contributed by atoms with Gasteiger partial charge in [0.15, 0.2) is 0 Å². The van der Waals surface area contributed by atoms with E-state index < -0.39 is 12.1 Å². The molecule has 0 aliphatic rings. The molecule has 1 unspecified atom stereocenters. The molecule has 1 aromatic heterocycles. The van der Waals surface area contributed by atoms with Gasteiger partial charge in [-0.3, -0.25) is 9.59 Å². The number of hydrogen-bond donors (Lipinski definition) is 2. The summed E-state index contributed by atoms with van der Waals surface area (Å²) in [6.07, 6.45) is 3.51. The van der Waals surface area contributed by atoms with Crippen molar-refractivity contribution in [3.63, 3.8) is 0 Å². The number of rotatable bonds is 10. The molecule has 2 aromatic carbocycles. The van der Waals surface area contributed by atoms with Crippen molar-refractivity contribution in [3.8, 4) is 11.5 Å². The fourth-order valence-electron chi connectivity index (χ4n) is 3.61. The number of aryl methyl sites for hydroxylation is 1. The van der Waals surface area contributed by atoms with Gasteiger partial charge in [-0.1, -0.05) is 26.0 Å². The molecule has 180 valence electrons. The molecule has 2 amide bonds. The molecule has 34 heavy (non-hydrogen) atoms. The second-order valence-corrected chi connectivity index (χ2v) is 8.26. The highest BCUT2D eigenvalue weighted by atomic mass is 16.5. The van der Waals surface area contributed by atoms with Crippen LogP contribution in [0.15, 0.2) is 60.9 Å². The van der Waals surface area contributed by atoms with E-state index in [1.54, 1.807) is 37.6 Å². The lowest BCUT2D eigenvalue weighted by Crippen LogP contribution is -2.50. The molecule has 8 heteroatoms. The van der Waals surface area contributed by atoms with Gasteiger partial charge < -0.3 is 24.7 Å². The maximum Gasteiger partial charge on any atom is 0.251 e. The third-order valence-electron chi connectivity index (χ3n) is 5.52. The monoisotopic (exact) mass is 464 g/mol. The fourth-order valence-corrected chi connectivity index (χ4v) is 3.61. The van der Waals surface area contributed by atoms with E-state index in [0.717, 1.165) is 11.3 Å². The number of methoxy groups -OCH3 is 1. The first-order valence-corrected chi connectivity index (χ1v) is 11.3. The minimum Gasteiger partial charge on any atom is -0.497 e. The number of benzene rings is 2. The van der Waals surface area contributed by atoms with E-state index in [9.17, 15) is 9.59 Å². The Bertz CT molecular complexity index is 1090. The van der Waals surface area contributed by atoms with Crippen LogP contribution in [0.3, 0.4) is 0 Å². The summed E-state index contributed by atoms with van der Waals surface area (Å²) >= 11 is 0. The Morgan fingerprint density at radius 1 is 1.00 bits per heavy atom. The molecule has 3 rings (SSSR count). The van der Waals surface area contributed by atoms with E-state index in [0.29, 0.717) is 23.7 Å². The highest BCUT2D eigenvalue weighted by Crippen LogP contribution is 2.23. The number of nitrogens with zero attached hydrogens (tertiary/aromatic N) is 2. The van der Waals surface area contributed by atoms with E-state index >= 15 is 0 Å². The van der Waals surface area contributed by atoms with Gasteiger partial charge in [0, 0.05) is 25.0 Å². The molecular weight excluding hydrogens is 432 g/mol. The normalized spacial score (nSPS) is 12.6. The summed E-state index contributed by atoms with van der Waals surface area (Å²) in [5.41, 5.74) is 1.31. The lowest BCUT2D eigenvalue weighted by Gasteiger charge is -2.26. The van der Waals surface area contributed by atoms with Crippen molar-refractivity contribution in [1.29, 1.82) is 0 Å². The largest absolute Gasteiger partial charge is 0.497 e. The Balaban J connectivity index is 1.80. The third kappa shape index (κ3) is 5.95. The van der Waals surface area contributed by atoms with Gasteiger partial charge in [0.2, 0.25) is 5.91 Å². The molecule has 3 aromatic rings. The first-order valence-electron chi connectivity index (χ1n) is 11.3. The smallest absolute Gasteiger partial charge is 0.251 e. The number of carbonyl (C=O) groups excluding carboxylic acids is 2. The standard InChI is InChI=1S/C26H32N4O4/c1-6-34-21-13-9-19(10-14-21)25(31)28-22(17(2)3)26(32)29-23(24-27-15-16-30(24)4)18-7-11-20(33-5)12-8-18/h7-17,22-23H,6H2,1-5H3,(H,28,31)(H,29,32)/t22-,23?/m0/s1. The van der Waals surface area contributed by atoms with Crippen molar-refractivity contribution >= 4 is 11.8 Å². The molecule has 0 fully saturated rings. The molecule has 8 nitrogen and oxygen atoms in total. The molecule has 0 saturated carbocycles. The summed E-state index contributed by atoms with van der Waals surface area (Å²) in [6, 6.07) is 13.1. The predicted octanol–water partition coefficient (Wildman–Crippen LogP) is 3.49. The summed E-state index contributed by atoms with van der Waals surface area (Å²) in [4.78, 5) is 30.7. The molecule has 0 saturated heterocycles. The van der Waals surface area contributed by atoms with Crippen molar-refractivity contribution in [1.82, 2.24) is 20.2 Å². The second kappa shape index (κ2) is 11.4. The number of hydrogen-bond acceptors (Lipinski definition) is 5. The maximum atomic E-state index is 13.4. The summed E-state index contributed by atoms with van der Waals surface area (Å²) in [5, 5.41) is 5.96. The number of nitrogens with one attached hydrogen (secondary N) is 2. The molecule has 0 aliphatic heterocycles. The van der Waals surface area contributed by atoms with Gasteiger partial charge >= 0.3 is 0 Å². The van der Waals surface area contributed by atoms with E-state index in [2.05, 4.69) is 15.6 Å². The first kappa shape index (κ1) is 24.8. The van der Waals surface area contributed by atoms with Crippen LogP contribution in [0.5, 0.6) is 11.5 Å². The number of aromatic nitrogens is 2. The number of amides is 2. The van der Waals surface area contributed by atoms with Crippen LogP contribution >= 0.6 is 0 Å². The topological polar surface area (TPSA) is 94.5 Å². The Morgan fingerprint density at radius 3 is 2.18 bits per heavy atom. The number of ether oxygens (including phenoxy) is 2. The van der Waals surface area contributed by atoms with Crippen LogP contribution in [0.2, 0.25) is 0 Å². The van der Waals surface area contributed by atoms with Gasteiger partial charge in [-0.15, -0.1) is 0 Å². The van der Waals surface area contributed by atoms with Crippen LogP contribution in [0.25, 0.3) is 0 Å². The van der Waals surface area contributed by atoms with Crippen molar-refractivity contribution in [2.75, 3.05) is 13.7 Å². The van der Waals surface area contributed by atoms with Crippen molar-refractivity contribution < 1.29 is 19.1 Å². The SMILES string of the molecule is CCOc1ccc(C(=O)N[C@H](C(=O)NC(c2ccc(OC)cc2)c2nccn2C)C(C)C)cc1. The van der Waals surface area contributed by atoms with E-state index in [-0.39, 0.29) is 17.7 Å². The summed E-state index contributed by atoms with van der Waals surface area (Å²) in [7, 11) is 3.48. The van der Waals surface area contributed by atoms with Crippen molar-refractivity contribution in [2.24, 2.45) is 13.0 Å². The maximum absolute atomic E-state index is 13.4. The summed E-state index contributed by atoms with van der Waals surface area (Å²) < 4.78 is 12.5. The van der Waals surface area contributed by atoms with Gasteiger partial charge in [0.05, 0.1) is 13.7 Å². The highest BCUT2D eigenvalue weighted by molar-refractivity contribution is 5.97. The van der Waals surface area contributed by atoms with E-state index in [1.165, 1.54) is 0 Å². The fraction of sp³-hybridized carbons (Fsp3) is 0.346. The Hall–Kier alpha value is -3.81. The van der Waals surface area contributed by atoms with Gasteiger partial charge in [0.1, 0.15) is 29.4 Å². The average molecular weight is 465 g/mol. The molecule has 2 N–H and O–H groups in total. The van der Waals surface area contributed by atoms with Crippen LogP contribution in [0, 0.1) is 5.92 Å². The average Bonchev–Trinajstić information content (AvgIpc) is 3.26. The summed E-state index contributed by atoms with van der Waals surface area (Å²) in [6.45, 7) is 6.24. The van der Waals surface area contributed by atoms with Crippen molar-refractivity contribution in [2.45, 2.75) is 32.9 Å². The zero-order chi connectivity index (χ0) is 24.7. The molecule has 2 atom stereocenters. The van der Waals surface area contributed by atoms with Crippen LogP contribution in [0.4, 0.5) is 0 Å². The predicted molar refractivity (Wildman–Crippen MR) is 130 cm³/mol. The Kier molecular flexibility index (Phi) is 8.29. The van der Waals surface area contributed by atoms with E-state index in [4.69, 9.17) is 9.47 Å². The molecule has 1 heterocycles. The molecule has 0 bridgehead atoms. The minimum atomic E-state index is -0.736. The number of imidazole rings is 1. The van der Waals surface area contributed by atoms with E-state index in [1.807, 2.05) is 62.8 Å². The van der Waals surface area contributed by atoms with Gasteiger partial charge in [-0.05, 0) is 54.8 Å². The van der Waals surface area contributed by atoms with Gasteiger partial charge in [-0.25, -0.2) is 4.98 Å². The highest BCUT2D eigenvalue weighted by Gasteiger charge is 2.29. The third-order valence-corrected chi connectivity index (χ3v) is 5.52. The molecule has 0 radical (unpaired) electrons. The van der Waals surface area contributed by atoms with Gasteiger partial charge in [-0.2, -0.15) is 0 Å². The van der Waals surface area contributed by atoms with Crippen LogP contribution in [-0.4, -0.2) is 41.1 Å². The summed E-state index contributed by atoms with van der Waals surface area (Å²) in [5.74, 6) is 1.34. The molecular formula is C26H32N4O4. The molecule has 0 spiro atoms. The van der Waals surface area contributed by atoms with Crippen LogP contribution in [-0.2, 0) is 11.8 Å². The first-order chi connectivity index (χ1) is 16.3. The van der Waals surface area contributed by atoms with Crippen LogP contribution in [0.1, 0.15) is 48.6 Å². The second-order valence-electron chi connectivity index (χ2n) is 8.26. The minimum absolute atomic E-state index is 0.135. The van der Waals surface area contributed by atoms with Gasteiger partial charge in [0.25, 0.3) is 5.91 Å². The number of carbonyl (C=O) groups is 2. The van der Waals surface area contributed by atoms with Crippen molar-refractivity contribution in [3.05, 3.63) is 77.9 Å². The molecule has 0 aliphatic carbocycles.